The molecule has 3 aromatic rings. The van der Waals surface area contributed by atoms with Gasteiger partial charge in [0.15, 0.2) is 6.29 Å². The lowest BCUT2D eigenvalue weighted by molar-refractivity contribution is 0.0962. The summed E-state index contributed by atoms with van der Waals surface area (Å²) in [6.07, 6.45) is 0.743. The molecule has 0 saturated carbocycles. The van der Waals surface area contributed by atoms with Gasteiger partial charge in [0.1, 0.15) is 5.82 Å². The van der Waals surface area contributed by atoms with Crippen LogP contribution in [0.5, 0.6) is 0 Å². The van der Waals surface area contributed by atoms with E-state index in [-0.39, 0.29) is 11.5 Å². The number of benzene rings is 2. The summed E-state index contributed by atoms with van der Waals surface area (Å²) in [7, 11) is 0. The molecule has 3 nitrogen and oxygen atoms in total. The number of aromatic nitrogens is 1. The van der Waals surface area contributed by atoms with Gasteiger partial charge >= 0.3 is 0 Å². The van der Waals surface area contributed by atoms with Crippen LogP contribution >= 0.6 is 0 Å². The van der Waals surface area contributed by atoms with Crippen molar-refractivity contribution in [2.45, 2.75) is 6.92 Å². The van der Waals surface area contributed by atoms with Crippen LogP contribution in [0.25, 0.3) is 10.9 Å². The predicted octanol–water partition coefficient (Wildman–Crippen LogP) is 3.59. The standard InChI is InChI=1S/C17H12FNO2/c1-11-15(10-20)14-7-2-3-8-16(14)19(11)17(21)12-5-4-6-13(18)9-12/h2-10H,1H3. The predicted molar refractivity (Wildman–Crippen MR) is 78.2 cm³/mol. The van der Waals surface area contributed by atoms with Crippen LogP contribution in [0, 0.1) is 12.7 Å². The van der Waals surface area contributed by atoms with E-state index >= 15 is 0 Å². The summed E-state index contributed by atoms with van der Waals surface area (Å²) in [5.74, 6) is -0.818. The van der Waals surface area contributed by atoms with Gasteiger partial charge in [-0.25, -0.2) is 4.39 Å². The Morgan fingerprint density at radius 1 is 1.14 bits per heavy atom. The molecule has 0 saturated heterocycles. The Labute approximate surface area is 120 Å². The summed E-state index contributed by atoms with van der Waals surface area (Å²) in [6, 6.07) is 12.7. The van der Waals surface area contributed by atoms with Crippen LogP contribution in [-0.4, -0.2) is 16.8 Å². The molecule has 0 amide bonds. The maximum atomic E-state index is 13.3. The maximum absolute atomic E-state index is 13.3. The lowest BCUT2D eigenvalue weighted by atomic mass is 10.1. The minimum atomic E-state index is -0.467. The van der Waals surface area contributed by atoms with Gasteiger partial charge < -0.3 is 0 Å². The van der Waals surface area contributed by atoms with E-state index in [0.717, 1.165) is 11.7 Å². The molecule has 2 aromatic carbocycles. The molecule has 0 aliphatic heterocycles. The average molecular weight is 281 g/mol. The fourth-order valence-corrected chi connectivity index (χ4v) is 2.55. The average Bonchev–Trinajstić information content (AvgIpc) is 2.78. The smallest absolute Gasteiger partial charge is 0.262 e. The topological polar surface area (TPSA) is 39.1 Å². The zero-order valence-corrected chi connectivity index (χ0v) is 11.3. The fourth-order valence-electron chi connectivity index (χ4n) is 2.55. The van der Waals surface area contributed by atoms with E-state index < -0.39 is 5.82 Å². The first-order valence-corrected chi connectivity index (χ1v) is 6.49. The molecule has 1 heterocycles. The zero-order valence-electron chi connectivity index (χ0n) is 11.3. The zero-order chi connectivity index (χ0) is 15.0. The molecule has 0 bridgehead atoms. The van der Waals surface area contributed by atoms with Crippen molar-refractivity contribution in [1.29, 1.82) is 0 Å². The number of para-hydroxylation sites is 1. The second kappa shape index (κ2) is 4.98. The summed E-state index contributed by atoms with van der Waals surface area (Å²) in [5.41, 5.74) is 1.93. The lowest BCUT2D eigenvalue weighted by Crippen LogP contribution is -2.13. The largest absolute Gasteiger partial charge is 0.298 e. The van der Waals surface area contributed by atoms with Gasteiger partial charge in [-0.2, -0.15) is 0 Å². The summed E-state index contributed by atoms with van der Waals surface area (Å²) in [4.78, 5) is 23.9. The Morgan fingerprint density at radius 3 is 2.62 bits per heavy atom. The molecule has 4 heteroatoms. The molecule has 0 aliphatic rings. The molecule has 0 N–H and O–H groups in total. The van der Waals surface area contributed by atoms with Crippen molar-refractivity contribution in [2.75, 3.05) is 0 Å². The van der Waals surface area contributed by atoms with Crippen LogP contribution in [0.15, 0.2) is 48.5 Å². The van der Waals surface area contributed by atoms with Gasteiger partial charge in [-0.3, -0.25) is 14.2 Å². The van der Waals surface area contributed by atoms with E-state index in [4.69, 9.17) is 0 Å². The highest BCUT2D eigenvalue weighted by Gasteiger charge is 2.19. The van der Waals surface area contributed by atoms with Crippen LogP contribution in [0.2, 0.25) is 0 Å². The van der Waals surface area contributed by atoms with E-state index in [0.29, 0.717) is 16.8 Å². The monoisotopic (exact) mass is 281 g/mol. The summed E-state index contributed by atoms with van der Waals surface area (Å²) in [6.45, 7) is 1.71. The maximum Gasteiger partial charge on any atom is 0.262 e. The van der Waals surface area contributed by atoms with E-state index in [1.54, 1.807) is 31.2 Å². The molecule has 0 radical (unpaired) electrons. The quantitative estimate of drug-likeness (QED) is 0.673. The molecular formula is C17H12FNO2. The SMILES string of the molecule is Cc1c(C=O)c2ccccc2n1C(=O)c1cccc(F)c1. The number of hydrogen-bond donors (Lipinski definition) is 0. The van der Waals surface area contributed by atoms with Crippen LogP contribution in [0.3, 0.4) is 0 Å². The Hall–Kier alpha value is -2.75. The third kappa shape index (κ3) is 2.05. The molecule has 1 aromatic heterocycles. The van der Waals surface area contributed by atoms with Crippen LogP contribution in [0.1, 0.15) is 26.4 Å². The molecule has 0 atom stereocenters. The van der Waals surface area contributed by atoms with Crippen molar-refractivity contribution < 1.29 is 14.0 Å². The Morgan fingerprint density at radius 2 is 1.90 bits per heavy atom. The van der Waals surface area contributed by atoms with Gasteiger partial charge in [0.25, 0.3) is 5.91 Å². The number of hydrogen-bond acceptors (Lipinski definition) is 2. The van der Waals surface area contributed by atoms with Gasteiger partial charge in [-0.15, -0.1) is 0 Å². The van der Waals surface area contributed by atoms with Gasteiger partial charge in [-0.1, -0.05) is 24.3 Å². The van der Waals surface area contributed by atoms with Crippen molar-refractivity contribution in [1.82, 2.24) is 4.57 Å². The molecule has 3 rings (SSSR count). The van der Waals surface area contributed by atoms with Crippen LogP contribution < -0.4 is 0 Å². The number of carbonyl (C=O) groups is 2. The third-order valence-corrected chi connectivity index (χ3v) is 3.55. The third-order valence-electron chi connectivity index (χ3n) is 3.55. The minimum absolute atomic E-state index is 0.247. The Bertz CT molecular complexity index is 864. The number of halogens is 1. The highest BCUT2D eigenvalue weighted by molar-refractivity contribution is 6.08. The lowest BCUT2D eigenvalue weighted by Gasteiger charge is -2.07. The first-order valence-electron chi connectivity index (χ1n) is 6.49. The van der Waals surface area contributed by atoms with Crippen molar-refractivity contribution in [3.8, 4) is 0 Å². The second-order valence-corrected chi connectivity index (χ2v) is 4.78. The van der Waals surface area contributed by atoms with E-state index in [1.165, 1.54) is 22.8 Å². The van der Waals surface area contributed by atoms with Crippen LogP contribution in [0.4, 0.5) is 4.39 Å². The minimum Gasteiger partial charge on any atom is -0.298 e. The summed E-state index contributed by atoms with van der Waals surface area (Å²) < 4.78 is 14.8. The fraction of sp³-hybridized carbons (Fsp3) is 0.0588. The second-order valence-electron chi connectivity index (χ2n) is 4.78. The number of rotatable bonds is 2. The molecule has 0 unspecified atom stereocenters. The molecule has 21 heavy (non-hydrogen) atoms. The first kappa shape index (κ1) is 13.2. The summed E-state index contributed by atoms with van der Waals surface area (Å²) in [5, 5.41) is 0.717. The Kier molecular flexibility index (Phi) is 3.14. The number of fused-ring (bicyclic) bond motifs is 1. The van der Waals surface area contributed by atoms with Gasteiger partial charge in [0.05, 0.1) is 5.52 Å². The molecule has 0 aliphatic carbocycles. The van der Waals surface area contributed by atoms with E-state index in [9.17, 15) is 14.0 Å². The normalized spacial score (nSPS) is 10.8. The molecule has 0 fully saturated rings. The van der Waals surface area contributed by atoms with Crippen molar-refractivity contribution >= 4 is 23.1 Å². The molecule has 104 valence electrons. The first-order chi connectivity index (χ1) is 10.1. The van der Waals surface area contributed by atoms with Crippen molar-refractivity contribution in [3.63, 3.8) is 0 Å². The van der Waals surface area contributed by atoms with Gasteiger partial charge in [0.2, 0.25) is 0 Å². The number of nitrogens with zero attached hydrogens (tertiary/aromatic N) is 1. The Balaban J connectivity index is 2.28. The highest BCUT2D eigenvalue weighted by atomic mass is 19.1. The highest BCUT2D eigenvalue weighted by Crippen LogP contribution is 2.25. The molecule has 0 spiro atoms. The van der Waals surface area contributed by atoms with E-state index in [2.05, 4.69) is 0 Å². The van der Waals surface area contributed by atoms with Gasteiger partial charge in [-0.05, 0) is 31.2 Å². The molecular weight excluding hydrogens is 269 g/mol. The van der Waals surface area contributed by atoms with Gasteiger partial charge in [0, 0.05) is 22.2 Å². The number of aldehydes is 1. The van der Waals surface area contributed by atoms with E-state index in [1.807, 2.05) is 6.07 Å². The van der Waals surface area contributed by atoms with Crippen molar-refractivity contribution in [2.24, 2.45) is 0 Å². The van der Waals surface area contributed by atoms with Crippen molar-refractivity contribution in [3.05, 3.63) is 71.2 Å². The number of carbonyl (C=O) groups excluding carboxylic acids is 2. The summed E-state index contributed by atoms with van der Waals surface area (Å²) >= 11 is 0. The van der Waals surface area contributed by atoms with Crippen LogP contribution in [-0.2, 0) is 0 Å².